The Morgan fingerprint density at radius 1 is 0.580 bits per heavy atom. The highest BCUT2D eigenvalue weighted by atomic mass is 16.5. The molecule has 50 heavy (non-hydrogen) atoms. The van der Waals surface area contributed by atoms with Gasteiger partial charge >= 0.3 is 0 Å². The molecule has 0 atom stereocenters. The average Bonchev–Trinajstić information content (AvgIpc) is 3.97. The van der Waals surface area contributed by atoms with Crippen molar-refractivity contribution < 1.29 is 9.47 Å². The van der Waals surface area contributed by atoms with Crippen LogP contribution in [0.2, 0.25) is 0 Å². The molecule has 2 aliphatic heterocycles. The monoisotopic (exact) mass is 676 g/mol. The van der Waals surface area contributed by atoms with Crippen LogP contribution < -0.4 is 0 Å². The summed E-state index contributed by atoms with van der Waals surface area (Å²) in [6, 6.07) is 0. The van der Waals surface area contributed by atoms with E-state index >= 15 is 0 Å². The third-order valence-electron chi connectivity index (χ3n) is 11.8. The number of nitrogens with zero attached hydrogens (tertiary/aromatic N) is 6. The molecule has 0 amide bonds. The molecular formula is C42H56N6O2. The largest absolute Gasteiger partial charge is 0.381 e. The quantitative estimate of drug-likeness (QED) is 0.214. The van der Waals surface area contributed by atoms with Gasteiger partial charge in [-0.15, -0.1) is 0 Å². The molecule has 6 heterocycles. The Morgan fingerprint density at radius 2 is 1.16 bits per heavy atom. The van der Waals surface area contributed by atoms with Gasteiger partial charge in [-0.25, -0.2) is 9.97 Å². The molecular weight excluding hydrogens is 621 g/mol. The van der Waals surface area contributed by atoms with Crippen LogP contribution in [0.1, 0.15) is 144 Å². The summed E-state index contributed by atoms with van der Waals surface area (Å²) in [6.07, 6.45) is 33.9. The zero-order valence-corrected chi connectivity index (χ0v) is 28.2. The van der Waals surface area contributed by atoms with Crippen LogP contribution in [0.15, 0.2) is 48.6 Å². The van der Waals surface area contributed by atoms with Crippen molar-refractivity contribution in [1.82, 2.24) is 28.7 Å². The lowest BCUT2D eigenvalue weighted by molar-refractivity contribution is 0.0807. The van der Waals surface area contributed by atoms with E-state index in [-0.39, 0.29) is 14.9 Å². The third-order valence-corrected chi connectivity index (χ3v) is 11.8. The minimum absolute atomic E-state index is 0. The molecule has 0 bridgehead atoms. The van der Waals surface area contributed by atoms with Crippen molar-refractivity contribution >= 4 is 22.4 Å². The lowest BCUT2D eigenvalue weighted by Crippen LogP contribution is -2.17. The van der Waals surface area contributed by atoms with Crippen molar-refractivity contribution in [2.45, 2.75) is 123 Å². The smallest absolute Gasteiger partial charge is 0.156 e. The van der Waals surface area contributed by atoms with Gasteiger partial charge < -0.3 is 9.47 Å². The van der Waals surface area contributed by atoms with Crippen molar-refractivity contribution in [2.24, 2.45) is 5.92 Å². The van der Waals surface area contributed by atoms with E-state index in [0.717, 1.165) is 69.8 Å². The standard InChI is InChI=1S/C20H25N3O.C20H23N3O.2CH4/c2*1-2-4-15(5-3-1)18-13-23-19(22-18)12-21-17-7-6-16(20(17)23)14-8-10-24-11-9-14;;/h6,12-15H,1-5,7-11H2;6,8,12-13,15H,1-5,7,9-11H2;2*1H4. The van der Waals surface area contributed by atoms with E-state index < -0.39 is 0 Å². The van der Waals surface area contributed by atoms with Gasteiger partial charge in [-0.2, -0.15) is 0 Å². The Morgan fingerprint density at radius 3 is 1.76 bits per heavy atom. The van der Waals surface area contributed by atoms with Crippen LogP contribution in [0.3, 0.4) is 0 Å². The molecule has 1 saturated heterocycles. The molecule has 10 rings (SSSR count). The maximum absolute atomic E-state index is 5.56. The zero-order valence-electron chi connectivity index (χ0n) is 28.2. The first-order valence-electron chi connectivity index (χ1n) is 18.8. The fourth-order valence-electron chi connectivity index (χ4n) is 9.14. The molecule has 6 aliphatic rings. The molecule has 4 aliphatic carbocycles. The predicted octanol–water partition coefficient (Wildman–Crippen LogP) is 9.48. The predicted molar refractivity (Wildman–Crippen MR) is 202 cm³/mol. The number of imidazole rings is 2. The van der Waals surface area contributed by atoms with Crippen molar-refractivity contribution in [3.63, 3.8) is 0 Å². The van der Waals surface area contributed by atoms with Gasteiger partial charge in [0.25, 0.3) is 0 Å². The van der Waals surface area contributed by atoms with Crippen LogP contribution in [0, 0.1) is 5.92 Å². The molecule has 0 N–H and O–H groups in total. The van der Waals surface area contributed by atoms with Crippen LogP contribution in [0.25, 0.3) is 22.4 Å². The first kappa shape index (κ1) is 34.8. The first-order chi connectivity index (χ1) is 23.8. The Bertz CT molecular complexity index is 1900. The zero-order chi connectivity index (χ0) is 31.9. The van der Waals surface area contributed by atoms with Crippen LogP contribution in [0.4, 0.5) is 0 Å². The lowest BCUT2D eigenvalue weighted by Gasteiger charge is -2.24. The molecule has 0 aromatic carbocycles. The minimum atomic E-state index is 0. The van der Waals surface area contributed by atoms with E-state index in [9.17, 15) is 0 Å². The van der Waals surface area contributed by atoms with Crippen LogP contribution in [-0.4, -0.2) is 55.2 Å². The summed E-state index contributed by atoms with van der Waals surface area (Å²) in [5.74, 6) is 1.89. The highest BCUT2D eigenvalue weighted by molar-refractivity contribution is 5.82. The summed E-state index contributed by atoms with van der Waals surface area (Å²) in [7, 11) is 0. The SMILES string of the molecule is C.C.C1=C(C2=CCc3ncc4nc(C5CCCCC5)cn4c32)CCOC1.C1=C(C2CCOCC2)c2c(ncc3nc(C4CCCCC4)cn23)C1. The van der Waals surface area contributed by atoms with E-state index in [1.54, 1.807) is 0 Å². The summed E-state index contributed by atoms with van der Waals surface area (Å²) in [6.45, 7) is 3.32. The van der Waals surface area contributed by atoms with Crippen molar-refractivity contribution in [3.05, 3.63) is 82.8 Å². The van der Waals surface area contributed by atoms with E-state index in [0.29, 0.717) is 17.8 Å². The number of hydrogen-bond donors (Lipinski definition) is 0. The summed E-state index contributed by atoms with van der Waals surface area (Å²) in [5, 5.41) is 0. The highest BCUT2D eigenvalue weighted by Gasteiger charge is 2.29. The van der Waals surface area contributed by atoms with E-state index in [1.165, 1.54) is 115 Å². The summed E-state index contributed by atoms with van der Waals surface area (Å²) < 4.78 is 15.7. The van der Waals surface area contributed by atoms with Crippen LogP contribution >= 0.6 is 0 Å². The summed E-state index contributed by atoms with van der Waals surface area (Å²) >= 11 is 0. The third kappa shape index (κ3) is 6.61. The molecule has 0 unspecified atom stereocenters. The second-order valence-electron chi connectivity index (χ2n) is 14.7. The topological polar surface area (TPSA) is 78.8 Å². The Kier molecular flexibility index (Phi) is 10.7. The maximum atomic E-state index is 5.56. The van der Waals surface area contributed by atoms with Gasteiger partial charge in [-0.05, 0) is 67.6 Å². The molecule has 8 heteroatoms. The van der Waals surface area contributed by atoms with Gasteiger partial charge in [0.05, 0.1) is 59.8 Å². The molecule has 3 fully saturated rings. The normalized spacial score (nSPS) is 21.3. The molecule has 0 spiro atoms. The van der Waals surface area contributed by atoms with Gasteiger partial charge in [0.15, 0.2) is 11.3 Å². The molecule has 2 saturated carbocycles. The maximum Gasteiger partial charge on any atom is 0.156 e. The number of fused-ring (bicyclic) bond motifs is 6. The van der Waals surface area contributed by atoms with E-state index in [1.807, 2.05) is 12.4 Å². The molecule has 0 radical (unpaired) electrons. The van der Waals surface area contributed by atoms with Crippen LogP contribution in [0.5, 0.6) is 0 Å². The number of hydrogen-bond acceptors (Lipinski definition) is 6. The molecule has 266 valence electrons. The van der Waals surface area contributed by atoms with Gasteiger partial charge in [0.1, 0.15) is 0 Å². The average molecular weight is 677 g/mol. The fourth-order valence-corrected chi connectivity index (χ4v) is 9.14. The highest BCUT2D eigenvalue weighted by Crippen LogP contribution is 2.40. The number of aromatic nitrogens is 6. The number of allylic oxidation sites excluding steroid dienone is 4. The van der Waals surface area contributed by atoms with Gasteiger partial charge in [0, 0.05) is 50.3 Å². The number of rotatable bonds is 4. The number of ether oxygens (including phenoxy) is 2. The fraction of sp³-hybridized carbons (Fsp3) is 0.571. The molecule has 8 nitrogen and oxygen atoms in total. The summed E-state index contributed by atoms with van der Waals surface area (Å²) in [5.41, 5.74) is 13.8. The van der Waals surface area contributed by atoms with Gasteiger partial charge in [-0.1, -0.05) is 71.6 Å². The first-order valence-corrected chi connectivity index (χ1v) is 18.8. The van der Waals surface area contributed by atoms with Crippen LogP contribution in [-0.2, 0) is 22.3 Å². The Hall–Kier alpha value is -3.62. The minimum Gasteiger partial charge on any atom is -0.381 e. The van der Waals surface area contributed by atoms with Gasteiger partial charge in [0.2, 0.25) is 0 Å². The van der Waals surface area contributed by atoms with E-state index in [4.69, 9.17) is 29.4 Å². The van der Waals surface area contributed by atoms with E-state index in [2.05, 4.69) is 39.4 Å². The molecule has 4 aromatic rings. The van der Waals surface area contributed by atoms with Crippen molar-refractivity contribution in [3.8, 4) is 0 Å². The van der Waals surface area contributed by atoms with Gasteiger partial charge in [-0.3, -0.25) is 18.8 Å². The van der Waals surface area contributed by atoms with Crippen molar-refractivity contribution in [2.75, 3.05) is 26.4 Å². The second kappa shape index (κ2) is 15.3. The summed E-state index contributed by atoms with van der Waals surface area (Å²) in [4.78, 5) is 19.3. The van der Waals surface area contributed by atoms with Crippen molar-refractivity contribution in [1.29, 1.82) is 0 Å². The lowest BCUT2D eigenvalue weighted by atomic mass is 9.87. The Balaban J connectivity index is 0.000000151. The Labute approximate surface area is 298 Å². The second-order valence-corrected chi connectivity index (χ2v) is 14.7. The molecule has 4 aromatic heterocycles.